The predicted molar refractivity (Wildman–Crippen MR) is 87.0 cm³/mol. The van der Waals surface area contributed by atoms with E-state index in [4.69, 9.17) is 20.4 Å². The smallest absolute Gasteiger partial charge is 0.271 e. The molecule has 1 atom stereocenters. The molecule has 0 fully saturated rings. The number of benzene rings is 1. The van der Waals surface area contributed by atoms with Gasteiger partial charge in [-0.1, -0.05) is 29.8 Å². The van der Waals surface area contributed by atoms with Gasteiger partial charge in [-0.2, -0.15) is 0 Å². The fraction of sp³-hybridized carbons (Fsp3) is 0.294. The Morgan fingerprint density at radius 3 is 2.65 bits per heavy atom. The normalized spacial score (nSPS) is 12.5. The Morgan fingerprint density at radius 1 is 1.17 bits per heavy atom. The van der Waals surface area contributed by atoms with Crippen LogP contribution in [-0.2, 0) is 6.54 Å². The second kappa shape index (κ2) is 6.56. The van der Waals surface area contributed by atoms with E-state index >= 15 is 0 Å². The predicted octanol–water partition coefficient (Wildman–Crippen LogP) is 3.42. The summed E-state index contributed by atoms with van der Waals surface area (Å²) in [5.41, 5.74) is 1.94. The van der Waals surface area contributed by atoms with E-state index in [0.29, 0.717) is 18.3 Å². The van der Waals surface area contributed by atoms with Gasteiger partial charge in [-0.3, -0.25) is 0 Å². The second-order valence-electron chi connectivity index (χ2n) is 5.58. The van der Waals surface area contributed by atoms with Crippen molar-refractivity contribution in [2.75, 3.05) is 0 Å². The molecule has 23 heavy (non-hydrogen) atoms. The number of furan rings is 1. The summed E-state index contributed by atoms with van der Waals surface area (Å²) < 4.78 is 11.2. The summed E-state index contributed by atoms with van der Waals surface area (Å²) in [5, 5.41) is 11.1. The van der Waals surface area contributed by atoms with E-state index in [-0.39, 0.29) is 6.04 Å². The lowest BCUT2D eigenvalue weighted by Gasteiger charge is -2.10. The summed E-state index contributed by atoms with van der Waals surface area (Å²) in [7, 11) is 0. The molecular formula is C17H19ClN3O2+. The van der Waals surface area contributed by atoms with Gasteiger partial charge in [0.25, 0.3) is 11.8 Å². The van der Waals surface area contributed by atoms with Crippen molar-refractivity contribution in [2.45, 2.75) is 33.4 Å². The first kappa shape index (κ1) is 15.8. The average molecular weight is 333 g/mol. The van der Waals surface area contributed by atoms with Crippen LogP contribution in [0.2, 0.25) is 5.02 Å². The Labute approximate surface area is 139 Å². The highest BCUT2D eigenvalue weighted by molar-refractivity contribution is 6.31. The Kier molecular flexibility index (Phi) is 4.50. The number of rotatable bonds is 5. The second-order valence-corrected chi connectivity index (χ2v) is 5.99. The SMILES string of the molecule is Cc1cc(-c2nnc(C[NH2+][C@@H](C)c3ccccc3Cl)o2)c(C)o1. The summed E-state index contributed by atoms with van der Waals surface area (Å²) in [6, 6.07) is 9.95. The maximum atomic E-state index is 6.22. The standard InChI is InChI=1S/C17H18ClN3O2/c1-10-8-14(12(3)22-10)17-21-20-16(23-17)9-19-11(2)13-6-4-5-7-15(13)18/h4-8,11,19H,9H2,1-3H3/p+1/t11-/m0/s1. The third-order valence-electron chi connectivity index (χ3n) is 3.78. The minimum absolute atomic E-state index is 0.206. The Morgan fingerprint density at radius 2 is 1.96 bits per heavy atom. The molecule has 0 unspecified atom stereocenters. The fourth-order valence-electron chi connectivity index (χ4n) is 2.54. The molecule has 0 saturated heterocycles. The van der Waals surface area contributed by atoms with Gasteiger partial charge in [0, 0.05) is 10.6 Å². The highest BCUT2D eigenvalue weighted by Crippen LogP contribution is 2.25. The molecule has 6 heteroatoms. The van der Waals surface area contributed by atoms with Gasteiger partial charge in [-0.25, -0.2) is 0 Å². The van der Waals surface area contributed by atoms with Gasteiger partial charge in [-0.05, 0) is 32.9 Å². The summed E-state index contributed by atoms with van der Waals surface area (Å²) in [4.78, 5) is 0. The van der Waals surface area contributed by atoms with Crippen molar-refractivity contribution in [1.82, 2.24) is 10.2 Å². The lowest BCUT2D eigenvalue weighted by molar-refractivity contribution is -0.709. The average Bonchev–Trinajstić information content (AvgIpc) is 3.11. The van der Waals surface area contributed by atoms with E-state index in [9.17, 15) is 0 Å². The Hall–Kier alpha value is -2.11. The molecule has 0 bridgehead atoms. The van der Waals surface area contributed by atoms with Gasteiger partial charge >= 0.3 is 0 Å². The molecule has 2 heterocycles. The van der Waals surface area contributed by atoms with Crippen LogP contribution < -0.4 is 5.32 Å². The number of halogens is 1. The maximum Gasteiger partial charge on any atom is 0.271 e. The lowest BCUT2D eigenvalue weighted by Crippen LogP contribution is -2.83. The summed E-state index contributed by atoms with van der Waals surface area (Å²) >= 11 is 6.22. The minimum atomic E-state index is 0.206. The molecule has 3 rings (SSSR count). The zero-order valence-corrected chi connectivity index (χ0v) is 14.1. The third kappa shape index (κ3) is 3.46. The van der Waals surface area contributed by atoms with E-state index in [1.807, 2.05) is 44.2 Å². The van der Waals surface area contributed by atoms with Crippen molar-refractivity contribution in [2.24, 2.45) is 0 Å². The first-order valence-electron chi connectivity index (χ1n) is 7.52. The molecular weight excluding hydrogens is 314 g/mol. The zero-order chi connectivity index (χ0) is 16.4. The van der Waals surface area contributed by atoms with Crippen LogP contribution in [0.25, 0.3) is 11.5 Å². The molecule has 0 radical (unpaired) electrons. The third-order valence-corrected chi connectivity index (χ3v) is 4.12. The van der Waals surface area contributed by atoms with Gasteiger partial charge in [0.05, 0.1) is 5.56 Å². The van der Waals surface area contributed by atoms with Crippen molar-refractivity contribution >= 4 is 11.6 Å². The van der Waals surface area contributed by atoms with Crippen LogP contribution in [0.4, 0.5) is 0 Å². The summed E-state index contributed by atoms with van der Waals surface area (Å²) in [6.07, 6.45) is 0. The van der Waals surface area contributed by atoms with Gasteiger partial charge in [0.1, 0.15) is 17.6 Å². The summed E-state index contributed by atoms with van der Waals surface area (Å²) in [6.45, 7) is 6.47. The van der Waals surface area contributed by atoms with Crippen LogP contribution in [0.15, 0.2) is 39.2 Å². The molecule has 0 aliphatic heterocycles. The fourth-order valence-corrected chi connectivity index (χ4v) is 2.84. The van der Waals surface area contributed by atoms with E-state index in [1.54, 1.807) is 0 Å². The number of quaternary nitrogens is 1. The molecule has 0 aliphatic carbocycles. The van der Waals surface area contributed by atoms with Crippen molar-refractivity contribution in [3.8, 4) is 11.5 Å². The highest BCUT2D eigenvalue weighted by atomic mass is 35.5. The zero-order valence-electron chi connectivity index (χ0n) is 13.3. The quantitative estimate of drug-likeness (QED) is 0.777. The van der Waals surface area contributed by atoms with Crippen LogP contribution >= 0.6 is 11.6 Å². The largest absolute Gasteiger partial charge is 0.466 e. The number of hydrogen-bond donors (Lipinski definition) is 1. The van der Waals surface area contributed by atoms with E-state index in [1.165, 1.54) is 0 Å². The minimum Gasteiger partial charge on any atom is -0.466 e. The molecule has 0 spiro atoms. The van der Waals surface area contributed by atoms with Crippen molar-refractivity contribution in [1.29, 1.82) is 0 Å². The molecule has 0 amide bonds. The van der Waals surface area contributed by atoms with Gasteiger partial charge in [0.2, 0.25) is 0 Å². The maximum absolute atomic E-state index is 6.22. The van der Waals surface area contributed by atoms with Gasteiger partial charge in [-0.15, -0.1) is 10.2 Å². The summed E-state index contributed by atoms with van der Waals surface area (Å²) in [5.74, 6) is 2.69. The van der Waals surface area contributed by atoms with Crippen LogP contribution in [0.5, 0.6) is 0 Å². The van der Waals surface area contributed by atoms with Crippen molar-refractivity contribution < 1.29 is 14.2 Å². The highest BCUT2D eigenvalue weighted by Gasteiger charge is 2.17. The van der Waals surface area contributed by atoms with Crippen LogP contribution in [0, 0.1) is 13.8 Å². The topological polar surface area (TPSA) is 68.7 Å². The number of nitrogens with zero attached hydrogens (tertiary/aromatic N) is 2. The lowest BCUT2D eigenvalue weighted by atomic mass is 10.1. The van der Waals surface area contributed by atoms with Crippen LogP contribution in [0.3, 0.4) is 0 Å². The molecule has 0 aliphatic rings. The molecule has 2 aromatic heterocycles. The molecule has 1 aromatic carbocycles. The Balaban J connectivity index is 1.68. The van der Waals surface area contributed by atoms with Gasteiger partial charge < -0.3 is 14.2 Å². The number of aromatic nitrogens is 2. The van der Waals surface area contributed by atoms with Gasteiger partial charge in [0.15, 0.2) is 6.54 Å². The van der Waals surface area contributed by atoms with Crippen molar-refractivity contribution in [3.05, 3.63) is 58.3 Å². The van der Waals surface area contributed by atoms with E-state index in [2.05, 4.69) is 22.4 Å². The van der Waals surface area contributed by atoms with Crippen LogP contribution in [-0.4, -0.2) is 10.2 Å². The first-order chi connectivity index (χ1) is 11.0. The molecule has 2 N–H and O–H groups in total. The molecule has 3 aromatic rings. The molecule has 5 nitrogen and oxygen atoms in total. The number of aryl methyl sites for hydroxylation is 2. The van der Waals surface area contributed by atoms with Crippen molar-refractivity contribution in [3.63, 3.8) is 0 Å². The monoisotopic (exact) mass is 332 g/mol. The molecule has 0 saturated carbocycles. The van der Waals surface area contributed by atoms with E-state index < -0.39 is 0 Å². The number of hydrogen-bond acceptors (Lipinski definition) is 4. The van der Waals surface area contributed by atoms with E-state index in [0.717, 1.165) is 27.7 Å². The Bertz CT molecular complexity index is 810. The van der Waals surface area contributed by atoms with Crippen LogP contribution in [0.1, 0.15) is 35.9 Å². The first-order valence-corrected chi connectivity index (χ1v) is 7.90. The number of nitrogens with two attached hydrogens (primary N) is 1. The molecule has 120 valence electrons.